The normalized spacial score (nSPS) is 10.2. The van der Waals surface area contributed by atoms with Crippen LogP contribution in [0.25, 0.3) is 0 Å². The first-order valence-electron chi connectivity index (χ1n) is 5.87. The molecule has 1 aromatic heterocycles. The van der Waals surface area contributed by atoms with Crippen molar-refractivity contribution in [3.8, 4) is 0 Å². The molecule has 2 rings (SSSR count). The van der Waals surface area contributed by atoms with E-state index in [9.17, 15) is 0 Å². The van der Waals surface area contributed by atoms with Crippen molar-refractivity contribution in [2.75, 3.05) is 16.9 Å². The van der Waals surface area contributed by atoms with Gasteiger partial charge in [-0.1, -0.05) is 17.7 Å². The van der Waals surface area contributed by atoms with Crippen LogP contribution < -0.4 is 16.2 Å². The highest BCUT2D eigenvalue weighted by atomic mass is 15.3. The molecular formula is C13H17N5. The molecule has 1 heterocycles. The molecule has 0 saturated carbocycles. The number of anilines is 3. The average Bonchev–Trinajstić information content (AvgIpc) is 2.42. The average molecular weight is 243 g/mol. The molecule has 0 aliphatic carbocycles. The highest BCUT2D eigenvalue weighted by Gasteiger charge is 2.09. The van der Waals surface area contributed by atoms with Gasteiger partial charge in [0.05, 0.1) is 0 Å². The van der Waals surface area contributed by atoms with Crippen LogP contribution in [-0.4, -0.2) is 16.5 Å². The minimum atomic E-state index is 0.602. The van der Waals surface area contributed by atoms with Gasteiger partial charge in [-0.05, 0) is 26.0 Å². The Bertz CT molecular complexity index is 509. The van der Waals surface area contributed by atoms with E-state index in [1.165, 1.54) is 11.9 Å². The number of hydrogen-bond acceptors (Lipinski definition) is 5. The molecule has 0 atom stereocenters. The molecule has 5 nitrogen and oxygen atoms in total. The van der Waals surface area contributed by atoms with E-state index in [1.807, 2.05) is 6.07 Å². The maximum absolute atomic E-state index is 5.36. The van der Waals surface area contributed by atoms with Crippen LogP contribution in [0.1, 0.15) is 12.5 Å². The van der Waals surface area contributed by atoms with E-state index in [0.717, 1.165) is 18.1 Å². The third-order valence-corrected chi connectivity index (χ3v) is 2.74. The van der Waals surface area contributed by atoms with Gasteiger partial charge in [0.15, 0.2) is 0 Å². The second-order valence-corrected chi connectivity index (χ2v) is 3.99. The summed E-state index contributed by atoms with van der Waals surface area (Å²) in [6.45, 7) is 4.97. The summed E-state index contributed by atoms with van der Waals surface area (Å²) >= 11 is 0. The molecule has 0 saturated heterocycles. The Labute approximate surface area is 107 Å². The molecule has 0 aliphatic rings. The fourth-order valence-corrected chi connectivity index (χ4v) is 1.78. The van der Waals surface area contributed by atoms with E-state index >= 15 is 0 Å². The standard InChI is InChI=1S/C13H17N5/c1-3-18(11-6-4-10(2)5-7-11)13-8-12(17-14)15-9-16-13/h4-9H,3,14H2,1-2H3,(H,15,16,17). The zero-order chi connectivity index (χ0) is 13.0. The number of hydrogen-bond donors (Lipinski definition) is 2. The van der Waals surface area contributed by atoms with E-state index in [1.54, 1.807) is 0 Å². The van der Waals surface area contributed by atoms with E-state index < -0.39 is 0 Å². The minimum absolute atomic E-state index is 0.602. The molecule has 0 fully saturated rings. The van der Waals surface area contributed by atoms with E-state index in [-0.39, 0.29) is 0 Å². The fraction of sp³-hybridized carbons (Fsp3) is 0.231. The van der Waals surface area contributed by atoms with Gasteiger partial charge in [-0.15, -0.1) is 0 Å². The Morgan fingerprint density at radius 3 is 2.56 bits per heavy atom. The van der Waals surface area contributed by atoms with Crippen molar-refractivity contribution in [2.24, 2.45) is 5.84 Å². The number of nitrogens with one attached hydrogen (secondary N) is 1. The van der Waals surface area contributed by atoms with E-state index in [0.29, 0.717) is 5.82 Å². The van der Waals surface area contributed by atoms with Gasteiger partial charge in [-0.2, -0.15) is 0 Å². The number of nitrogen functional groups attached to an aromatic ring is 1. The van der Waals surface area contributed by atoms with Crippen molar-refractivity contribution in [2.45, 2.75) is 13.8 Å². The lowest BCUT2D eigenvalue weighted by molar-refractivity contribution is 0.974. The van der Waals surface area contributed by atoms with Gasteiger partial charge in [0.1, 0.15) is 18.0 Å². The van der Waals surface area contributed by atoms with Crippen molar-refractivity contribution >= 4 is 17.3 Å². The summed E-state index contributed by atoms with van der Waals surface area (Å²) in [5.41, 5.74) is 4.87. The van der Waals surface area contributed by atoms with Crippen molar-refractivity contribution in [1.82, 2.24) is 9.97 Å². The molecule has 2 aromatic rings. The van der Waals surface area contributed by atoms with Crippen LogP contribution in [0.4, 0.5) is 17.3 Å². The van der Waals surface area contributed by atoms with Crippen molar-refractivity contribution in [3.05, 3.63) is 42.2 Å². The smallest absolute Gasteiger partial charge is 0.145 e. The van der Waals surface area contributed by atoms with Gasteiger partial charge in [-0.3, -0.25) is 0 Å². The maximum atomic E-state index is 5.36. The number of nitrogens with two attached hydrogens (primary N) is 1. The molecule has 3 N–H and O–H groups in total. The zero-order valence-corrected chi connectivity index (χ0v) is 10.6. The predicted molar refractivity (Wildman–Crippen MR) is 73.7 cm³/mol. The quantitative estimate of drug-likeness (QED) is 0.636. The maximum Gasteiger partial charge on any atom is 0.145 e. The third-order valence-electron chi connectivity index (χ3n) is 2.74. The molecule has 0 amide bonds. The molecule has 0 unspecified atom stereocenters. The number of aryl methyl sites for hydroxylation is 1. The summed E-state index contributed by atoms with van der Waals surface area (Å²) in [4.78, 5) is 10.4. The van der Waals surface area contributed by atoms with Gasteiger partial charge >= 0.3 is 0 Å². The highest BCUT2D eigenvalue weighted by Crippen LogP contribution is 2.24. The van der Waals surface area contributed by atoms with Crippen LogP contribution in [0.2, 0.25) is 0 Å². The first-order valence-corrected chi connectivity index (χ1v) is 5.87. The van der Waals surface area contributed by atoms with Gasteiger partial charge in [0, 0.05) is 18.3 Å². The van der Waals surface area contributed by atoms with Crippen molar-refractivity contribution in [3.63, 3.8) is 0 Å². The third kappa shape index (κ3) is 2.57. The largest absolute Gasteiger partial charge is 0.327 e. The lowest BCUT2D eigenvalue weighted by Crippen LogP contribution is -2.18. The Hall–Kier alpha value is -2.14. The summed E-state index contributed by atoms with van der Waals surface area (Å²) in [7, 11) is 0. The van der Waals surface area contributed by atoms with E-state index in [2.05, 4.69) is 58.4 Å². The van der Waals surface area contributed by atoms with Gasteiger partial charge in [0.2, 0.25) is 0 Å². The molecule has 1 aromatic carbocycles. The van der Waals surface area contributed by atoms with Crippen LogP contribution in [0, 0.1) is 6.92 Å². The fourth-order valence-electron chi connectivity index (χ4n) is 1.78. The number of aromatic nitrogens is 2. The number of benzene rings is 1. The molecular weight excluding hydrogens is 226 g/mol. The molecule has 94 valence electrons. The second-order valence-electron chi connectivity index (χ2n) is 3.99. The van der Waals surface area contributed by atoms with Gasteiger partial charge < -0.3 is 10.3 Å². The molecule has 0 aliphatic heterocycles. The van der Waals surface area contributed by atoms with Gasteiger partial charge in [0.25, 0.3) is 0 Å². The second kappa shape index (κ2) is 5.46. The Balaban J connectivity index is 2.35. The Morgan fingerprint density at radius 2 is 1.94 bits per heavy atom. The molecule has 0 spiro atoms. The van der Waals surface area contributed by atoms with Crippen molar-refractivity contribution < 1.29 is 0 Å². The molecule has 0 bridgehead atoms. The summed E-state index contributed by atoms with van der Waals surface area (Å²) in [5, 5.41) is 0. The number of nitrogens with zero attached hydrogens (tertiary/aromatic N) is 3. The minimum Gasteiger partial charge on any atom is -0.327 e. The highest BCUT2D eigenvalue weighted by molar-refractivity contribution is 5.62. The summed E-state index contributed by atoms with van der Waals surface area (Å²) in [6, 6.07) is 10.2. The van der Waals surface area contributed by atoms with Crippen LogP contribution in [-0.2, 0) is 0 Å². The summed E-state index contributed by atoms with van der Waals surface area (Å²) < 4.78 is 0. The zero-order valence-electron chi connectivity index (χ0n) is 10.6. The van der Waals surface area contributed by atoms with Crippen LogP contribution in [0.5, 0.6) is 0 Å². The SMILES string of the molecule is CCN(c1ccc(C)cc1)c1cc(NN)ncn1. The topological polar surface area (TPSA) is 67.1 Å². The molecule has 18 heavy (non-hydrogen) atoms. The van der Waals surface area contributed by atoms with Crippen LogP contribution >= 0.6 is 0 Å². The Morgan fingerprint density at radius 1 is 1.22 bits per heavy atom. The van der Waals surface area contributed by atoms with E-state index in [4.69, 9.17) is 5.84 Å². The van der Waals surface area contributed by atoms with Crippen LogP contribution in [0.3, 0.4) is 0 Å². The molecule has 5 heteroatoms. The lowest BCUT2D eigenvalue weighted by Gasteiger charge is -2.22. The summed E-state index contributed by atoms with van der Waals surface area (Å²) in [5.74, 6) is 6.79. The lowest BCUT2D eigenvalue weighted by atomic mass is 10.2. The first-order chi connectivity index (χ1) is 8.74. The number of rotatable bonds is 4. The first kappa shape index (κ1) is 12.3. The number of hydrazine groups is 1. The Kier molecular flexibility index (Phi) is 3.74. The van der Waals surface area contributed by atoms with Crippen LogP contribution in [0.15, 0.2) is 36.7 Å². The predicted octanol–water partition coefficient (Wildman–Crippen LogP) is 2.23. The van der Waals surface area contributed by atoms with Crippen molar-refractivity contribution in [1.29, 1.82) is 0 Å². The van der Waals surface area contributed by atoms with Gasteiger partial charge in [-0.25, -0.2) is 15.8 Å². The monoisotopic (exact) mass is 243 g/mol. The summed E-state index contributed by atoms with van der Waals surface area (Å²) in [6.07, 6.45) is 1.50. The molecule has 0 radical (unpaired) electrons.